The highest BCUT2D eigenvalue weighted by Gasteiger charge is 2.27. The lowest BCUT2D eigenvalue weighted by Crippen LogP contribution is -2.23. The maximum Gasteiger partial charge on any atom is 0.336 e. The second-order valence-electron chi connectivity index (χ2n) is 8.62. The van der Waals surface area contributed by atoms with E-state index in [-0.39, 0.29) is 6.79 Å². The summed E-state index contributed by atoms with van der Waals surface area (Å²) in [7, 11) is -1.62. The van der Waals surface area contributed by atoms with Crippen LogP contribution in [-0.4, -0.2) is 24.3 Å². The Morgan fingerprint density at radius 1 is 0.833 bits per heavy atom. The number of rotatable bonds is 10. The average Bonchev–Trinajstić information content (AvgIpc) is 2.65. The molecule has 0 saturated carbocycles. The van der Waals surface area contributed by atoms with Crippen molar-refractivity contribution in [1.82, 2.24) is 0 Å². The van der Waals surface area contributed by atoms with E-state index in [0.717, 1.165) is 11.8 Å². The Morgan fingerprint density at radius 2 is 1.47 bits per heavy atom. The molecule has 0 aliphatic carbocycles. The van der Waals surface area contributed by atoms with Crippen molar-refractivity contribution < 1.29 is 27.8 Å². The molecule has 0 radical (unpaired) electrons. The van der Waals surface area contributed by atoms with Crippen LogP contribution in [0.2, 0.25) is 0 Å². The van der Waals surface area contributed by atoms with Gasteiger partial charge >= 0.3 is 8.60 Å². The molecule has 30 heavy (non-hydrogen) atoms. The minimum Gasteiger partial charge on any atom is -0.485 e. The molecule has 0 N–H and O–H groups in total. The Balaban J connectivity index is 2.04. The van der Waals surface area contributed by atoms with Crippen LogP contribution in [0.4, 0.5) is 0 Å². The summed E-state index contributed by atoms with van der Waals surface area (Å²) in [5, 5.41) is 0. The highest BCUT2D eigenvalue weighted by Crippen LogP contribution is 2.47. The average molecular weight is 434 g/mol. The molecule has 6 nitrogen and oxygen atoms in total. The van der Waals surface area contributed by atoms with E-state index in [2.05, 4.69) is 0 Å². The summed E-state index contributed by atoms with van der Waals surface area (Å²) in [4.78, 5) is 11.2. The van der Waals surface area contributed by atoms with Crippen molar-refractivity contribution in [1.29, 1.82) is 0 Å². The monoisotopic (exact) mass is 434 g/mol. The first-order chi connectivity index (χ1) is 14.1. The molecule has 0 heterocycles. The Labute approximate surface area is 180 Å². The van der Waals surface area contributed by atoms with Crippen molar-refractivity contribution in [3.8, 4) is 11.5 Å². The molecule has 0 aromatic heterocycles. The first-order valence-corrected chi connectivity index (χ1v) is 10.9. The van der Waals surface area contributed by atoms with Gasteiger partial charge in [-0.2, -0.15) is 0 Å². The van der Waals surface area contributed by atoms with E-state index in [9.17, 15) is 4.79 Å². The number of ether oxygens (including phenoxy) is 2. The Bertz CT molecular complexity index is 780. The van der Waals surface area contributed by atoms with Gasteiger partial charge in [-0.15, -0.1) is 0 Å². The second kappa shape index (κ2) is 10.9. The lowest BCUT2D eigenvalue weighted by atomic mass is 10.2. The highest BCUT2D eigenvalue weighted by molar-refractivity contribution is 7.41. The van der Waals surface area contributed by atoms with Gasteiger partial charge < -0.3 is 18.5 Å². The summed E-state index contributed by atoms with van der Waals surface area (Å²) < 4.78 is 29.2. The van der Waals surface area contributed by atoms with E-state index in [1.165, 1.54) is 0 Å². The smallest absolute Gasteiger partial charge is 0.336 e. The zero-order chi connectivity index (χ0) is 22.2. The number of hydrogen-bond acceptors (Lipinski definition) is 6. The van der Waals surface area contributed by atoms with Gasteiger partial charge in [-0.1, -0.05) is 30.3 Å². The minimum atomic E-state index is -1.62. The molecule has 0 saturated heterocycles. The molecule has 0 unspecified atom stereocenters. The molecular weight excluding hydrogens is 403 g/mol. The number of carbonyl (C=O) groups is 1. The molecule has 0 amide bonds. The van der Waals surface area contributed by atoms with Crippen molar-refractivity contribution in [2.24, 2.45) is 0 Å². The summed E-state index contributed by atoms with van der Waals surface area (Å²) in [5.74, 6) is 0.933. The largest absolute Gasteiger partial charge is 0.485 e. The van der Waals surface area contributed by atoms with Crippen LogP contribution >= 0.6 is 8.60 Å². The highest BCUT2D eigenvalue weighted by atomic mass is 31.2. The fourth-order valence-electron chi connectivity index (χ4n) is 2.22. The topological polar surface area (TPSA) is 63.2 Å². The zero-order valence-corrected chi connectivity index (χ0v) is 19.4. The number of hydrogen-bond donors (Lipinski definition) is 0. The van der Waals surface area contributed by atoms with Crippen molar-refractivity contribution in [3.63, 3.8) is 0 Å². The van der Waals surface area contributed by atoms with Gasteiger partial charge in [-0.25, -0.2) is 0 Å². The molecule has 0 aliphatic heterocycles. The zero-order valence-electron chi connectivity index (χ0n) is 18.5. The molecule has 0 atom stereocenters. The quantitative estimate of drug-likeness (QED) is 0.249. The minimum absolute atomic E-state index is 0.0833. The van der Waals surface area contributed by atoms with Gasteiger partial charge in [0.2, 0.25) is 0 Å². The summed E-state index contributed by atoms with van der Waals surface area (Å²) in [5.41, 5.74) is 0.663. The molecule has 0 aliphatic rings. The second-order valence-corrected chi connectivity index (χ2v) is 9.69. The predicted molar refractivity (Wildman–Crippen MR) is 118 cm³/mol. The predicted octanol–water partition coefficient (Wildman–Crippen LogP) is 6.29. The third-order valence-electron chi connectivity index (χ3n) is 3.41. The van der Waals surface area contributed by atoms with Gasteiger partial charge in [-0.3, -0.25) is 9.32 Å². The fraction of sp³-hybridized carbons (Fsp3) is 0.435. The Kier molecular flexibility index (Phi) is 8.80. The molecular formula is C23H31O6P. The van der Waals surface area contributed by atoms with Gasteiger partial charge in [0.05, 0.1) is 11.2 Å². The van der Waals surface area contributed by atoms with E-state index in [0.29, 0.717) is 23.7 Å². The SMILES string of the molecule is CC(C)(C)OP(OCOc1ccc(C=O)cc1OCc1ccccc1)OC(C)(C)C. The standard InChI is InChI=1S/C23H31O6P/c1-22(2,3)28-30(29-23(4,5)6)27-17-26-20-13-12-19(15-24)14-21(20)25-16-18-10-8-7-9-11-18/h7-15H,16-17H2,1-6H3. The molecule has 0 fully saturated rings. The van der Waals surface area contributed by atoms with Crippen molar-refractivity contribution >= 4 is 14.9 Å². The van der Waals surface area contributed by atoms with E-state index in [4.69, 9.17) is 23.0 Å². The molecule has 164 valence electrons. The van der Waals surface area contributed by atoms with Crippen molar-refractivity contribution in [2.45, 2.75) is 59.4 Å². The van der Waals surface area contributed by atoms with Crippen LogP contribution in [-0.2, 0) is 20.2 Å². The van der Waals surface area contributed by atoms with Gasteiger partial charge in [0.15, 0.2) is 18.3 Å². The molecule has 2 rings (SSSR count). The number of carbonyl (C=O) groups excluding carboxylic acids is 1. The van der Waals surface area contributed by atoms with E-state index in [1.54, 1.807) is 18.2 Å². The van der Waals surface area contributed by atoms with Gasteiger partial charge in [0.1, 0.15) is 12.9 Å². The lowest BCUT2D eigenvalue weighted by Gasteiger charge is -2.30. The van der Waals surface area contributed by atoms with Crippen molar-refractivity contribution in [3.05, 3.63) is 59.7 Å². The summed E-state index contributed by atoms with van der Waals surface area (Å²) in [6.07, 6.45) is 0.767. The molecule has 0 bridgehead atoms. The maximum atomic E-state index is 11.2. The first-order valence-electron chi connectivity index (χ1n) is 9.76. The third-order valence-corrected chi connectivity index (χ3v) is 5.12. The van der Waals surface area contributed by atoms with Gasteiger partial charge in [0, 0.05) is 5.56 Å². The summed E-state index contributed by atoms with van der Waals surface area (Å²) in [6, 6.07) is 14.8. The van der Waals surface area contributed by atoms with E-state index in [1.807, 2.05) is 71.9 Å². The van der Waals surface area contributed by atoms with Crippen LogP contribution in [0, 0.1) is 0 Å². The van der Waals surface area contributed by atoms with Crippen LogP contribution in [0.1, 0.15) is 57.5 Å². The van der Waals surface area contributed by atoms with Crippen LogP contribution in [0.25, 0.3) is 0 Å². The molecule has 0 spiro atoms. The van der Waals surface area contributed by atoms with Crippen LogP contribution in [0.5, 0.6) is 11.5 Å². The van der Waals surface area contributed by atoms with Gasteiger partial charge in [0.25, 0.3) is 0 Å². The van der Waals surface area contributed by atoms with E-state index < -0.39 is 19.8 Å². The lowest BCUT2D eigenvalue weighted by molar-refractivity contribution is 0.00784. The fourth-order valence-corrected chi connectivity index (χ4v) is 3.39. The van der Waals surface area contributed by atoms with Crippen LogP contribution < -0.4 is 9.47 Å². The van der Waals surface area contributed by atoms with E-state index >= 15 is 0 Å². The molecule has 2 aromatic rings. The molecule has 2 aromatic carbocycles. The van der Waals surface area contributed by atoms with Crippen LogP contribution in [0.3, 0.4) is 0 Å². The maximum absolute atomic E-state index is 11.2. The van der Waals surface area contributed by atoms with Crippen LogP contribution in [0.15, 0.2) is 48.5 Å². The molecule has 7 heteroatoms. The Morgan fingerprint density at radius 3 is 2.03 bits per heavy atom. The van der Waals surface area contributed by atoms with Gasteiger partial charge in [-0.05, 0) is 65.3 Å². The number of benzene rings is 2. The normalized spacial score (nSPS) is 12.1. The first kappa shape index (κ1) is 24.3. The summed E-state index contributed by atoms with van der Waals surface area (Å²) in [6.45, 7) is 11.9. The number of aldehydes is 1. The Hall–Kier alpha value is -1.98. The summed E-state index contributed by atoms with van der Waals surface area (Å²) >= 11 is 0. The third kappa shape index (κ3) is 9.23. The van der Waals surface area contributed by atoms with Crippen molar-refractivity contribution in [2.75, 3.05) is 6.79 Å².